The first-order valence-electron chi connectivity index (χ1n) is 8.18. The van der Waals surface area contributed by atoms with Crippen molar-refractivity contribution < 1.29 is 13.2 Å². The number of rotatable bonds is 9. The Hall–Kier alpha value is -1.31. The fourth-order valence-corrected chi connectivity index (χ4v) is 4.05. The van der Waals surface area contributed by atoms with Crippen molar-refractivity contribution in [2.24, 2.45) is 0 Å². The fraction of sp³-hybridized carbons (Fsp3) is 0.588. The zero-order valence-electron chi connectivity index (χ0n) is 15.6. The van der Waals surface area contributed by atoms with Gasteiger partial charge in [-0.2, -0.15) is 0 Å². The van der Waals surface area contributed by atoms with Crippen LogP contribution in [0.15, 0.2) is 12.1 Å². The minimum atomic E-state index is -3.55. The number of benzene rings is 1. The van der Waals surface area contributed by atoms with Crippen LogP contribution in [0, 0.1) is 13.8 Å². The summed E-state index contributed by atoms with van der Waals surface area (Å²) in [6.07, 6.45) is 2.05. The number of sulfonamides is 1. The lowest BCUT2D eigenvalue weighted by Gasteiger charge is -2.25. The molecule has 0 saturated carbocycles. The van der Waals surface area contributed by atoms with Gasteiger partial charge in [0.2, 0.25) is 15.9 Å². The lowest BCUT2D eigenvalue weighted by atomic mass is 10.1. The third kappa shape index (κ3) is 7.22. The van der Waals surface area contributed by atoms with Gasteiger partial charge in [-0.05, 0) is 58.1 Å². The number of anilines is 1. The standard InChI is InChI=1S/C17H28ClN3O3S/c1-13-11-14(2)17(15(18)12-13)21(25(5,23)24)10-7-16(22)19-8-6-9-20(3)4/h11-12H,6-10H2,1-5H3,(H,19,22). The molecule has 1 N–H and O–H groups in total. The second-order valence-electron chi connectivity index (χ2n) is 6.50. The van der Waals surface area contributed by atoms with Gasteiger partial charge in [0.15, 0.2) is 0 Å². The number of hydrogen-bond acceptors (Lipinski definition) is 4. The molecule has 6 nitrogen and oxygen atoms in total. The number of halogens is 1. The number of amides is 1. The predicted molar refractivity (Wildman–Crippen MR) is 104 cm³/mol. The zero-order chi connectivity index (χ0) is 19.2. The summed E-state index contributed by atoms with van der Waals surface area (Å²) in [7, 11) is 0.398. The van der Waals surface area contributed by atoms with Gasteiger partial charge in [-0.15, -0.1) is 0 Å². The molecule has 0 aliphatic carbocycles. The van der Waals surface area contributed by atoms with E-state index >= 15 is 0 Å². The Morgan fingerprint density at radius 3 is 2.36 bits per heavy atom. The molecule has 0 aliphatic heterocycles. The normalized spacial score (nSPS) is 11.6. The molecule has 0 atom stereocenters. The van der Waals surface area contributed by atoms with Crippen molar-refractivity contribution in [3.63, 3.8) is 0 Å². The summed E-state index contributed by atoms with van der Waals surface area (Å²) in [6, 6.07) is 3.60. The van der Waals surface area contributed by atoms with Gasteiger partial charge >= 0.3 is 0 Å². The van der Waals surface area contributed by atoms with Crippen LogP contribution in [0.25, 0.3) is 0 Å². The molecule has 0 unspecified atom stereocenters. The summed E-state index contributed by atoms with van der Waals surface area (Å²) < 4.78 is 25.6. The van der Waals surface area contributed by atoms with Gasteiger partial charge in [0, 0.05) is 19.5 Å². The van der Waals surface area contributed by atoms with Gasteiger partial charge in [0.05, 0.1) is 17.0 Å². The van der Waals surface area contributed by atoms with E-state index in [-0.39, 0.29) is 18.9 Å². The van der Waals surface area contributed by atoms with Gasteiger partial charge in [-0.1, -0.05) is 17.7 Å². The first-order valence-corrected chi connectivity index (χ1v) is 10.4. The first-order chi connectivity index (χ1) is 11.5. The maximum Gasteiger partial charge on any atom is 0.232 e. The minimum Gasteiger partial charge on any atom is -0.356 e. The lowest BCUT2D eigenvalue weighted by Crippen LogP contribution is -2.35. The SMILES string of the molecule is Cc1cc(C)c(N(CCC(=O)NCCCN(C)C)S(C)(=O)=O)c(Cl)c1. The van der Waals surface area contributed by atoms with Crippen LogP contribution in [0.2, 0.25) is 5.02 Å². The molecule has 0 aromatic heterocycles. The van der Waals surface area contributed by atoms with Crippen LogP contribution in [0.4, 0.5) is 5.69 Å². The monoisotopic (exact) mass is 389 g/mol. The van der Waals surface area contributed by atoms with E-state index in [9.17, 15) is 13.2 Å². The Balaban J connectivity index is 2.79. The first kappa shape index (κ1) is 21.7. The summed E-state index contributed by atoms with van der Waals surface area (Å²) in [5, 5.41) is 3.18. The highest BCUT2D eigenvalue weighted by Gasteiger charge is 2.23. The molecule has 0 heterocycles. The smallest absolute Gasteiger partial charge is 0.232 e. The van der Waals surface area contributed by atoms with E-state index < -0.39 is 10.0 Å². The van der Waals surface area contributed by atoms with Crippen LogP contribution in [0.1, 0.15) is 24.0 Å². The zero-order valence-corrected chi connectivity index (χ0v) is 17.2. The van der Waals surface area contributed by atoms with E-state index in [0.717, 1.165) is 30.3 Å². The molecule has 0 spiro atoms. The topological polar surface area (TPSA) is 69.7 Å². The van der Waals surface area contributed by atoms with Crippen molar-refractivity contribution in [3.8, 4) is 0 Å². The molecule has 0 radical (unpaired) electrons. The van der Waals surface area contributed by atoms with Gasteiger partial charge in [0.1, 0.15) is 0 Å². The maximum atomic E-state index is 12.2. The van der Waals surface area contributed by atoms with Crippen molar-refractivity contribution in [1.29, 1.82) is 0 Å². The minimum absolute atomic E-state index is 0.0575. The molecule has 0 fully saturated rings. The van der Waals surface area contributed by atoms with E-state index in [1.165, 1.54) is 4.31 Å². The van der Waals surface area contributed by atoms with Crippen molar-refractivity contribution in [2.75, 3.05) is 44.3 Å². The molecule has 1 aromatic rings. The summed E-state index contributed by atoms with van der Waals surface area (Å²) in [6.45, 7) is 5.22. The van der Waals surface area contributed by atoms with Crippen LogP contribution in [0.5, 0.6) is 0 Å². The van der Waals surface area contributed by atoms with Crippen molar-refractivity contribution in [2.45, 2.75) is 26.7 Å². The highest BCUT2D eigenvalue weighted by Crippen LogP contribution is 2.32. The molecule has 1 rings (SSSR count). The highest BCUT2D eigenvalue weighted by molar-refractivity contribution is 7.92. The largest absolute Gasteiger partial charge is 0.356 e. The second kappa shape index (κ2) is 9.40. The number of nitrogens with zero attached hydrogens (tertiary/aromatic N) is 2. The van der Waals surface area contributed by atoms with Crippen LogP contribution in [-0.4, -0.2) is 59.2 Å². The molecule has 1 aromatic carbocycles. The lowest BCUT2D eigenvalue weighted by molar-refractivity contribution is -0.120. The van der Waals surface area contributed by atoms with E-state index in [4.69, 9.17) is 11.6 Å². The van der Waals surface area contributed by atoms with E-state index in [1.54, 1.807) is 6.07 Å². The van der Waals surface area contributed by atoms with Gasteiger partial charge < -0.3 is 10.2 Å². The Morgan fingerprint density at radius 2 is 1.84 bits per heavy atom. The maximum absolute atomic E-state index is 12.2. The average Bonchev–Trinajstić information content (AvgIpc) is 2.44. The molecular weight excluding hydrogens is 362 g/mol. The van der Waals surface area contributed by atoms with Crippen molar-refractivity contribution in [1.82, 2.24) is 10.2 Å². The summed E-state index contributed by atoms with van der Waals surface area (Å²) in [4.78, 5) is 14.0. The molecule has 0 saturated heterocycles. The average molecular weight is 390 g/mol. The number of nitrogens with one attached hydrogen (secondary N) is 1. The van der Waals surface area contributed by atoms with Crippen LogP contribution in [0.3, 0.4) is 0 Å². The number of aryl methyl sites for hydroxylation is 2. The Kier molecular flexibility index (Phi) is 8.18. The summed E-state index contributed by atoms with van der Waals surface area (Å²) in [5.74, 6) is -0.173. The summed E-state index contributed by atoms with van der Waals surface area (Å²) >= 11 is 6.27. The molecule has 0 bridgehead atoms. The molecule has 25 heavy (non-hydrogen) atoms. The Bertz CT molecular complexity index is 682. The van der Waals surface area contributed by atoms with Crippen LogP contribution >= 0.6 is 11.6 Å². The number of carbonyl (C=O) groups is 1. The van der Waals surface area contributed by atoms with Gasteiger partial charge in [-0.25, -0.2) is 8.42 Å². The third-order valence-corrected chi connectivity index (χ3v) is 5.15. The molecule has 0 aliphatic rings. The fourth-order valence-electron chi connectivity index (χ4n) is 2.58. The van der Waals surface area contributed by atoms with E-state index in [2.05, 4.69) is 5.32 Å². The molecule has 8 heteroatoms. The van der Waals surface area contributed by atoms with Gasteiger partial charge in [-0.3, -0.25) is 9.10 Å². The number of hydrogen-bond donors (Lipinski definition) is 1. The third-order valence-electron chi connectivity index (χ3n) is 3.69. The Labute approximate surface area is 156 Å². The second-order valence-corrected chi connectivity index (χ2v) is 8.82. The predicted octanol–water partition coefficient (Wildman–Crippen LogP) is 2.18. The van der Waals surface area contributed by atoms with Crippen LogP contribution < -0.4 is 9.62 Å². The Morgan fingerprint density at radius 1 is 1.20 bits per heavy atom. The quantitative estimate of drug-likeness (QED) is 0.657. The molecular formula is C17H28ClN3O3S. The summed E-state index contributed by atoms with van der Waals surface area (Å²) in [5.41, 5.74) is 2.16. The van der Waals surface area contributed by atoms with E-state index in [0.29, 0.717) is 17.3 Å². The molecule has 1 amide bonds. The molecule has 142 valence electrons. The van der Waals surface area contributed by atoms with Gasteiger partial charge in [0.25, 0.3) is 0 Å². The van der Waals surface area contributed by atoms with Crippen molar-refractivity contribution >= 4 is 33.2 Å². The van der Waals surface area contributed by atoms with E-state index in [1.807, 2.05) is 38.9 Å². The number of carbonyl (C=O) groups excluding carboxylic acids is 1. The van der Waals surface area contributed by atoms with Crippen LogP contribution in [-0.2, 0) is 14.8 Å². The van der Waals surface area contributed by atoms with Crippen molar-refractivity contribution in [3.05, 3.63) is 28.3 Å². The highest BCUT2D eigenvalue weighted by atomic mass is 35.5.